The van der Waals surface area contributed by atoms with Crippen LogP contribution in [0.4, 0.5) is 34.1 Å². The zero-order valence-corrected chi connectivity index (χ0v) is 40.9. The van der Waals surface area contributed by atoms with Crippen molar-refractivity contribution in [2.45, 2.75) is 78.0 Å². The Labute approximate surface area is 395 Å². The molecule has 0 fully saturated rings. The van der Waals surface area contributed by atoms with Crippen molar-refractivity contribution in [1.82, 2.24) is 4.13 Å². The zero-order valence-electron chi connectivity index (χ0n) is 39.3. The minimum atomic E-state index is -3.81. The second-order valence-electron chi connectivity index (χ2n) is 17.7. The van der Waals surface area contributed by atoms with Crippen LogP contribution in [-0.4, -0.2) is 8.42 Å². The van der Waals surface area contributed by atoms with Gasteiger partial charge in [-0.25, -0.2) is 8.42 Å². The Morgan fingerprint density at radius 2 is 0.924 bits per heavy atom. The van der Waals surface area contributed by atoms with Crippen molar-refractivity contribution in [1.29, 1.82) is 0 Å². The monoisotopic (exact) mass is 906 g/mol. The van der Waals surface area contributed by atoms with E-state index in [0.717, 1.165) is 95.1 Å². The Hall–Kier alpha value is -6.58. The predicted molar refractivity (Wildman–Crippen MR) is 282 cm³/mol. The Balaban J connectivity index is 1.23. The molecule has 0 unspecified atom stereocenters. The summed E-state index contributed by atoms with van der Waals surface area (Å²) in [6.45, 7) is 23.0. The highest BCUT2D eigenvalue weighted by molar-refractivity contribution is 8.09. The van der Waals surface area contributed by atoms with Gasteiger partial charge in [-0.3, -0.25) is 0 Å². The van der Waals surface area contributed by atoms with Gasteiger partial charge in [-0.15, -0.1) is 4.13 Å². The number of hydrogen-bond acceptors (Lipinski definition) is 6. The molecule has 0 aliphatic heterocycles. The van der Waals surface area contributed by atoms with Gasteiger partial charge in [-0.2, -0.15) is 0 Å². The van der Waals surface area contributed by atoms with Gasteiger partial charge in [0, 0.05) is 50.3 Å². The van der Waals surface area contributed by atoms with Crippen LogP contribution < -0.4 is 20.1 Å². The molecule has 0 aliphatic carbocycles. The lowest BCUT2D eigenvalue weighted by Crippen LogP contribution is -2.16. The van der Waals surface area contributed by atoms with Gasteiger partial charge in [0.2, 0.25) is 10.0 Å². The predicted octanol–water partition coefficient (Wildman–Crippen LogP) is 15.7. The summed E-state index contributed by atoms with van der Waals surface area (Å²) in [5.74, 6) is -0.145. The molecule has 0 spiro atoms. The number of fused-ring (bicyclic) bond motifs is 1. The molecule has 0 radical (unpaired) electrons. The van der Waals surface area contributed by atoms with Gasteiger partial charge < -0.3 is 16.0 Å². The molecule has 0 heterocycles. The molecular weight excluding hydrogens is 849 g/mol. The Morgan fingerprint density at radius 3 is 1.36 bits per heavy atom. The highest BCUT2D eigenvalue weighted by Crippen LogP contribution is 2.42. The maximum atomic E-state index is 13.5. The second-order valence-corrected chi connectivity index (χ2v) is 20.6. The standard InChI is InChI=1S/C58H58N4O2S2/c1-11-44-12-23-50(24-13-44)66(63,64)62-65-49-22-25-51-52(26-27-54(53(51)34-49)61-58-42(9)32-37(4)33-43(58)10)55(45-14-18-47(19-15-45)59-56-38(5)28-35(2)29-39(56)6)46-16-20-48(21-17-46)60-57-40(7)30-36(3)31-41(57)8/h11-34,55,59-62H,1H2,2-10H3. The summed E-state index contributed by atoms with van der Waals surface area (Å²) in [6, 6.07) is 48.2. The van der Waals surface area contributed by atoms with E-state index in [2.05, 4.69) is 198 Å². The van der Waals surface area contributed by atoms with E-state index in [1.165, 1.54) is 38.9 Å². The van der Waals surface area contributed by atoms with Crippen LogP contribution in [0.3, 0.4) is 0 Å². The molecule has 334 valence electrons. The minimum Gasteiger partial charge on any atom is -0.355 e. The fourth-order valence-electron chi connectivity index (χ4n) is 9.33. The summed E-state index contributed by atoms with van der Waals surface area (Å²) in [7, 11) is -3.81. The normalized spacial score (nSPS) is 11.5. The average molecular weight is 907 g/mol. The van der Waals surface area contributed by atoms with Crippen molar-refractivity contribution in [2.24, 2.45) is 0 Å². The largest absolute Gasteiger partial charge is 0.355 e. The van der Waals surface area contributed by atoms with Crippen LogP contribution in [0.1, 0.15) is 78.2 Å². The number of anilines is 6. The Morgan fingerprint density at radius 1 is 0.485 bits per heavy atom. The number of nitrogens with one attached hydrogen (secondary N) is 4. The van der Waals surface area contributed by atoms with Crippen molar-refractivity contribution in [3.05, 3.63) is 218 Å². The minimum absolute atomic E-state index is 0.145. The fourth-order valence-corrected chi connectivity index (χ4v) is 11.3. The smallest absolute Gasteiger partial charge is 0.250 e. The van der Waals surface area contributed by atoms with Gasteiger partial charge in [0.15, 0.2) is 0 Å². The van der Waals surface area contributed by atoms with Gasteiger partial charge in [-0.1, -0.05) is 114 Å². The molecule has 8 aromatic carbocycles. The summed E-state index contributed by atoms with van der Waals surface area (Å²) in [4.78, 5) is 0.951. The first kappa shape index (κ1) is 46.0. The molecule has 4 N–H and O–H groups in total. The molecule has 0 aromatic heterocycles. The molecule has 0 aliphatic rings. The van der Waals surface area contributed by atoms with E-state index in [1.807, 2.05) is 6.07 Å². The second kappa shape index (κ2) is 19.1. The summed E-state index contributed by atoms with van der Waals surface area (Å²) in [5, 5.41) is 13.2. The first-order chi connectivity index (χ1) is 31.6. The van der Waals surface area contributed by atoms with Crippen LogP contribution in [0, 0.1) is 62.3 Å². The number of hydrogen-bond donors (Lipinski definition) is 4. The van der Waals surface area contributed by atoms with E-state index < -0.39 is 10.0 Å². The first-order valence-electron chi connectivity index (χ1n) is 22.3. The Kier molecular flexibility index (Phi) is 13.3. The van der Waals surface area contributed by atoms with E-state index in [-0.39, 0.29) is 10.8 Å². The van der Waals surface area contributed by atoms with Gasteiger partial charge in [-0.05, 0) is 190 Å². The summed E-state index contributed by atoms with van der Waals surface area (Å²) < 4.78 is 29.8. The molecule has 6 nitrogen and oxygen atoms in total. The van der Waals surface area contributed by atoms with Crippen molar-refractivity contribution in [2.75, 3.05) is 16.0 Å². The van der Waals surface area contributed by atoms with Gasteiger partial charge in [0.05, 0.1) is 4.90 Å². The highest BCUT2D eigenvalue weighted by atomic mass is 32.3. The Bertz CT molecular complexity index is 3060. The van der Waals surface area contributed by atoms with E-state index in [1.54, 1.807) is 30.3 Å². The average Bonchev–Trinajstić information content (AvgIpc) is 3.28. The van der Waals surface area contributed by atoms with Gasteiger partial charge in [0.1, 0.15) is 0 Å². The third-order valence-electron chi connectivity index (χ3n) is 12.3. The molecule has 8 rings (SSSR count). The number of aryl methyl sites for hydroxylation is 9. The lowest BCUT2D eigenvalue weighted by Gasteiger charge is -2.24. The number of benzene rings is 8. The van der Waals surface area contributed by atoms with Crippen LogP contribution >= 0.6 is 11.9 Å². The lowest BCUT2D eigenvalue weighted by molar-refractivity contribution is 0.594. The SMILES string of the molecule is C=Cc1ccc(S(=O)(=O)NSc2ccc3c(C(c4ccc(Nc5c(C)cc(C)cc5C)cc4)c4ccc(Nc5c(C)cc(C)cc5C)cc4)ccc(Nc4c(C)cc(C)cc4C)c3c2)cc1. The first-order valence-corrected chi connectivity index (χ1v) is 24.6. The fraction of sp³-hybridized carbons (Fsp3) is 0.172. The quantitative estimate of drug-likeness (QED) is 0.0643. The molecule has 0 saturated heterocycles. The summed E-state index contributed by atoms with van der Waals surface area (Å²) in [5.41, 5.74) is 21.4. The summed E-state index contributed by atoms with van der Waals surface area (Å²) in [6.07, 6.45) is 1.69. The lowest BCUT2D eigenvalue weighted by atomic mass is 9.82. The maximum Gasteiger partial charge on any atom is 0.250 e. The van der Waals surface area contributed by atoms with Crippen molar-refractivity contribution in [3.8, 4) is 0 Å². The molecule has 8 aromatic rings. The van der Waals surface area contributed by atoms with E-state index in [0.29, 0.717) is 0 Å². The molecule has 0 atom stereocenters. The topological polar surface area (TPSA) is 82.3 Å². The van der Waals surface area contributed by atoms with Crippen LogP contribution in [-0.2, 0) is 10.0 Å². The van der Waals surface area contributed by atoms with Crippen LogP contribution in [0.5, 0.6) is 0 Å². The zero-order chi connectivity index (χ0) is 46.9. The van der Waals surface area contributed by atoms with Crippen molar-refractivity contribution < 1.29 is 8.42 Å². The third-order valence-corrected chi connectivity index (χ3v) is 14.9. The third kappa shape index (κ3) is 9.97. The molecule has 0 amide bonds. The maximum absolute atomic E-state index is 13.5. The number of sulfonamides is 1. The van der Waals surface area contributed by atoms with Crippen molar-refractivity contribution in [3.63, 3.8) is 0 Å². The van der Waals surface area contributed by atoms with E-state index in [4.69, 9.17) is 0 Å². The van der Waals surface area contributed by atoms with Crippen molar-refractivity contribution >= 4 is 72.9 Å². The van der Waals surface area contributed by atoms with Crippen LogP contribution in [0.2, 0.25) is 0 Å². The molecular formula is C58H58N4O2S2. The molecule has 8 heteroatoms. The molecule has 66 heavy (non-hydrogen) atoms. The summed E-state index contributed by atoms with van der Waals surface area (Å²) >= 11 is 1.09. The van der Waals surface area contributed by atoms with E-state index >= 15 is 0 Å². The van der Waals surface area contributed by atoms with Crippen LogP contribution in [0.15, 0.2) is 156 Å². The molecule has 0 saturated carbocycles. The van der Waals surface area contributed by atoms with E-state index in [9.17, 15) is 8.42 Å². The molecule has 0 bridgehead atoms. The van der Waals surface area contributed by atoms with Gasteiger partial charge >= 0.3 is 0 Å². The van der Waals surface area contributed by atoms with Crippen LogP contribution in [0.25, 0.3) is 16.8 Å². The van der Waals surface area contributed by atoms with Gasteiger partial charge in [0.25, 0.3) is 0 Å². The number of rotatable bonds is 14. The highest BCUT2D eigenvalue weighted by Gasteiger charge is 2.23.